The van der Waals surface area contributed by atoms with E-state index in [9.17, 15) is 4.79 Å². The third kappa shape index (κ3) is 4.24. The number of pyridine rings is 1. The zero-order valence-corrected chi connectivity index (χ0v) is 23.8. The zero-order chi connectivity index (χ0) is 27.7. The molecule has 0 unspecified atom stereocenters. The van der Waals surface area contributed by atoms with E-state index in [1.54, 1.807) is 7.11 Å². The van der Waals surface area contributed by atoms with Gasteiger partial charge in [-0.2, -0.15) is 0 Å². The second-order valence-corrected chi connectivity index (χ2v) is 12.7. The molecule has 9 nitrogen and oxygen atoms in total. The SMILES string of the molecule is COc1cc(C(=O)N2C[C@H]3CC[C@@H]2[C@@H]3N)cc2nc(-c3cc4cccnc4n3CC3CC3)n(CC3CCNCC3)c12. The number of hydrogen-bond donors (Lipinski definition) is 2. The smallest absolute Gasteiger partial charge is 0.254 e. The van der Waals surface area contributed by atoms with E-state index in [1.165, 1.54) is 12.8 Å². The van der Waals surface area contributed by atoms with Gasteiger partial charge in [-0.25, -0.2) is 9.97 Å². The number of hydrogen-bond acceptors (Lipinski definition) is 6. The highest BCUT2D eigenvalue weighted by Crippen LogP contribution is 2.40. The Morgan fingerprint density at radius 3 is 2.59 bits per heavy atom. The summed E-state index contributed by atoms with van der Waals surface area (Å²) < 4.78 is 10.8. The molecule has 2 saturated carbocycles. The molecule has 4 fully saturated rings. The molecule has 2 bridgehead atoms. The third-order valence-corrected chi connectivity index (χ3v) is 10.1. The first-order chi connectivity index (χ1) is 20.1. The second kappa shape index (κ2) is 9.84. The lowest BCUT2D eigenvalue weighted by atomic mass is 9.98. The summed E-state index contributed by atoms with van der Waals surface area (Å²) in [6.45, 7) is 4.63. The molecule has 4 aromatic rings. The number of methoxy groups -OCH3 is 1. The number of aromatic nitrogens is 4. The van der Waals surface area contributed by atoms with Crippen LogP contribution in [0.1, 0.15) is 48.9 Å². The molecule has 1 aromatic carbocycles. The highest BCUT2D eigenvalue weighted by atomic mass is 16.5. The van der Waals surface area contributed by atoms with Crippen LogP contribution in [-0.2, 0) is 13.1 Å². The first-order valence-corrected chi connectivity index (χ1v) is 15.4. The van der Waals surface area contributed by atoms with Gasteiger partial charge in [0.1, 0.15) is 16.9 Å². The summed E-state index contributed by atoms with van der Waals surface area (Å²) in [4.78, 5) is 25.9. The molecular formula is C32H39N7O2. The Morgan fingerprint density at radius 1 is 1.05 bits per heavy atom. The van der Waals surface area contributed by atoms with E-state index >= 15 is 0 Å². The van der Waals surface area contributed by atoms with Gasteiger partial charge in [-0.15, -0.1) is 0 Å². The van der Waals surface area contributed by atoms with Crippen LogP contribution in [0.5, 0.6) is 5.75 Å². The first-order valence-electron chi connectivity index (χ1n) is 15.4. The van der Waals surface area contributed by atoms with E-state index in [-0.39, 0.29) is 18.0 Å². The van der Waals surface area contributed by atoms with Crippen LogP contribution in [0.25, 0.3) is 33.6 Å². The van der Waals surface area contributed by atoms with E-state index in [0.717, 1.165) is 92.0 Å². The Kier molecular flexibility index (Phi) is 6.07. The van der Waals surface area contributed by atoms with Crippen molar-refractivity contribution in [2.24, 2.45) is 23.5 Å². The number of amides is 1. The van der Waals surface area contributed by atoms with Gasteiger partial charge >= 0.3 is 0 Å². The van der Waals surface area contributed by atoms with Crippen molar-refractivity contribution in [1.29, 1.82) is 0 Å². The number of carbonyl (C=O) groups is 1. The van der Waals surface area contributed by atoms with Crippen molar-refractivity contribution in [2.45, 2.75) is 63.7 Å². The number of ether oxygens (including phenoxy) is 1. The Morgan fingerprint density at radius 2 is 1.85 bits per heavy atom. The molecule has 8 rings (SSSR count). The van der Waals surface area contributed by atoms with Gasteiger partial charge in [0.25, 0.3) is 5.91 Å². The van der Waals surface area contributed by atoms with Crippen LogP contribution in [0.3, 0.4) is 0 Å². The summed E-state index contributed by atoms with van der Waals surface area (Å²) >= 11 is 0. The van der Waals surface area contributed by atoms with E-state index in [4.69, 9.17) is 20.4 Å². The normalized spacial score (nSPS) is 24.6. The molecule has 3 N–H and O–H groups in total. The van der Waals surface area contributed by atoms with Gasteiger partial charge in [0.2, 0.25) is 0 Å². The molecule has 4 aliphatic rings. The topological polar surface area (TPSA) is 103 Å². The van der Waals surface area contributed by atoms with Crippen LogP contribution in [0.4, 0.5) is 0 Å². The number of nitrogens with two attached hydrogens (primary N) is 1. The lowest BCUT2D eigenvalue weighted by Gasteiger charge is -2.27. The maximum atomic E-state index is 13.8. The molecule has 9 heteroatoms. The number of rotatable bonds is 7. The van der Waals surface area contributed by atoms with Crippen molar-refractivity contribution in [3.63, 3.8) is 0 Å². The second-order valence-electron chi connectivity index (χ2n) is 12.7. The Labute approximate surface area is 240 Å². The number of nitrogens with one attached hydrogen (secondary N) is 1. The number of piperidine rings is 2. The van der Waals surface area contributed by atoms with Crippen molar-refractivity contribution < 1.29 is 9.53 Å². The van der Waals surface area contributed by atoms with Gasteiger partial charge in [-0.1, -0.05) is 0 Å². The molecule has 2 aliphatic heterocycles. The lowest BCUT2D eigenvalue weighted by Crippen LogP contribution is -2.41. The van der Waals surface area contributed by atoms with Crippen LogP contribution in [0, 0.1) is 17.8 Å². The Bertz CT molecular complexity index is 1630. The number of likely N-dealkylation sites (tertiary alicyclic amines) is 1. The summed E-state index contributed by atoms with van der Waals surface area (Å²) in [6, 6.07) is 10.5. The summed E-state index contributed by atoms with van der Waals surface area (Å²) in [5.74, 6) is 3.31. The number of imidazole rings is 1. The summed E-state index contributed by atoms with van der Waals surface area (Å²) in [5.41, 5.74) is 11.0. The van der Waals surface area contributed by atoms with Crippen molar-refractivity contribution in [3.8, 4) is 17.3 Å². The zero-order valence-electron chi connectivity index (χ0n) is 23.8. The van der Waals surface area contributed by atoms with E-state index in [0.29, 0.717) is 29.1 Å². The van der Waals surface area contributed by atoms with E-state index in [2.05, 4.69) is 26.6 Å². The van der Waals surface area contributed by atoms with Crippen LogP contribution in [0.2, 0.25) is 0 Å². The van der Waals surface area contributed by atoms with Crippen molar-refractivity contribution >= 4 is 28.0 Å². The molecule has 3 aromatic heterocycles. The number of carbonyl (C=O) groups excluding carboxylic acids is 1. The van der Waals surface area contributed by atoms with Gasteiger partial charge < -0.3 is 29.8 Å². The lowest BCUT2D eigenvalue weighted by molar-refractivity contribution is 0.0700. The quantitative estimate of drug-likeness (QED) is 0.358. The van der Waals surface area contributed by atoms with E-state index < -0.39 is 0 Å². The molecule has 1 amide bonds. The van der Waals surface area contributed by atoms with Gasteiger partial charge in [0, 0.05) is 48.9 Å². The fraction of sp³-hybridized carbons (Fsp3) is 0.531. The van der Waals surface area contributed by atoms with Crippen LogP contribution in [-0.4, -0.2) is 68.7 Å². The monoisotopic (exact) mass is 553 g/mol. The standard InChI is InChI=1S/C32H39N7O2/c1-41-27-15-23(32(40)38-18-22-6-7-25(38)28(22)33)13-24-29(27)39(17-20-8-11-34-12-9-20)31(36-24)26-14-21-3-2-10-35-30(21)37(26)16-19-4-5-19/h2-3,10,13-15,19-20,22,25,28,34H,4-9,11-12,16-18,33H2,1H3/t22-,25-,28-/m1/s1. The molecule has 41 heavy (non-hydrogen) atoms. The minimum atomic E-state index is 0.0364. The molecule has 3 atom stereocenters. The highest BCUT2D eigenvalue weighted by molar-refractivity contribution is 6.00. The maximum Gasteiger partial charge on any atom is 0.254 e. The number of nitrogens with zero attached hydrogens (tertiary/aromatic N) is 5. The van der Waals surface area contributed by atoms with Crippen LogP contribution >= 0.6 is 0 Å². The average Bonchev–Trinajstić information content (AvgIpc) is 3.37. The minimum absolute atomic E-state index is 0.0364. The largest absolute Gasteiger partial charge is 0.494 e. The molecule has 214 valence electrons. The summed E-state index contributed by atoms with van der Waals surface area (Å²) in [7, 11) is 1.70. The molecule has 2 aliphatic carbocycles. The molecular weight excluding hydrogens is 514 g/mol. The Hall–Kier alpha value is -3.43. The van der Waals surface area contributed by atoms with Crippen LogP contribution < -0.4 is 15.8 Å². The molecule has 0 radical (unpaired) electrons. The number of fused-ring (bicyclic) bond motifs is 4. The van der Waals surface area contributed by atoms with Crippen molar-refractivity contribution in [2.75, 3.05) is 26.7 Å². The first kappa shape index (κ1) is 25.3. The fourth-order valence-corrected chi connectivity index (χ4v) is 7.67. The van der Waals surface area contributed by atoms with Crippen LogP contribution in [0.15, 0.2) is 36.5 Å². The average molecular weight is 554 g/mol. The third-order valence-electron chi connectivity index (χ3n) is 10.1. The van der Waals surface area contributed by atoms with Gasteiger partial charge in [-0.3, -0.25) is 4.79 Å². The molecule has 2 saturated heterocycles. The fourth-order valence-electron chi connectivity index (χ4n) is 7.67. The van der Waals surface area contributed by atoms with Crippen molar-refractivity contribution in [1.82, 2.24) is 29.3 Å². The summed E-state index contributed by atoms with van der Waals surface area (Å²) in [5, 5.41) is 4.64. The predicted octanol–water partition coefficient (Wildman–Crippen LogP) is 4.03. The predicted molar refractivity (Wildman–Crippen MR) is 159 cm³/mol. The summed E-state index contributed by atoms with van der Waals surface area (Å²) in [6.07, 6.45) is 8.77. The number of benzene rings is 1. The maximum absolute atomic E-state index is 13.8. The molecule has 5 heterocycles. The van der Waals surface area contributed by atoms with Gasteiger partial charge in [0.05, 0.1) is 18.3 Å². The van der Waals surface area contributed by atoms with E-state index in [1.807, 2.05) is 29.3 Å². The van der Waals surface area contributed by atoms with Gasteiger partial charge in [-0.05, 0) is 99.7 Å². The molecule has 0 spiro atoms. The van der Waals surface area contributed by atoms with Gasteiger partial charge in [0.15, 0.2) is 5.82 Å². The highest BCUT2D eigenvalue weighted by Gasteiger charge is 2.47. The minimum Gasteiger partial charge on any atom is -0.494 e. The Balaban J connectivity index is 1.28. The van der Waals surface area contributed by atoms with Crippen molar-refractivity contribution in [3.05, 3.63) is 42.1 Å².